The molecule has 0 bridgehead atoms. The van der Waals surface area contributed by atoms with Crippen LogP contribution >= 0.6 is 0 Å². The van der Waals surface area contributed by atoms with Crippen LogP contribution in [0.2, 0.25) is 0 Å². The van der Waals surface area contributed by atoms with Crippen molar-refractivity contribution in [3.8, 4) is 100 Å². The minimum atomic E-state index is 0.875. The molecule has 0 fully saturated rings. The molecule has 0 saturated heterocycles. The van der Waals surface area contributed by atoms with Gasteiger partial charge in [-0.2, -0.15) is 0 Å². The molecular formula is C138H93N3O3. The Balaban J connectivity index is 0.000000113. The number of nitrogens with zero attached hydrogens (tertiary/aromatic N) is 3. The maximum absolute atomic E-state index is 6.74. The number of furan rings is 3. The van der Waals surface area contributed by atoms with Gasteiger partial charge in [0.05, 0.1) is 17.1 Å². The highest BCUT2D eigenvalue weighted by atomic mass is 16.3. The van der Waals surface area contributed by atoms with Crippen LogP contribution in [0, 0.1) is 0 Å². The van der Waals surface area contributed by atoms with E-state index in [1.807, 2.05) is 18.2 Å². The maximum atomic E-state index is 6.74. The van der Waals surface area contributed by atoms with Crippen molar-refractivity contribution >= 4 is 149 Å². The lowest BCUT2D eigenvalue weighted by molar-refractivity contribution is 0.669. The van der Waals surface area contributed by atoms with E-state index in [0.717, 1.165) is 128 Å². The van der Waals surface area contributed by atoms with Gasteiger partial charge in [0.15, 0.2) is 16.7 Å². The molecule has 27 rings (SSSR count). The molecule has 0 spiro atoms. The number of rotatable bonds is 18. The molecule has 0 atom stereocenters. The average molecular weight is 1840 g/mol. The fourth-order valence-corrected chi connectivity index (χ4v) is 20.7. The van der Waals surface area contributed by atoms with Crippen molar-refractivity contribution in [2.75, 3.05) is 14.7 Å². The number of hydrogen-bond acceptors (Lipinski definition) is 6. The zero-order valence-corrected chi connectivity index (χ0v) is 78.8. The van der Waals surface area contributed by atoms with Crippen LogP contribution in [0.25, 0.3) is 198 Å². The normalized spacial score (nSPS) is 11.3. The first-order chi connectivity index (χ1) is 71.4. The number of fused-ring (bicyclic) bond motifs is 15. The molecule has 144 heavy (non-hydrogen) atoms. The molecule has 678 valence electrons. The Labute approximate surface area is 835 Å². The topological polar surface area (TPSA) is 49.1 Å². The van der Waals surface area contributed by atoms with E-state index in [4.69, 9.17) is 13.3 Å². The monoisotopic (exact) mass is 1840 g/mol. The highest BCUT2D eigenvalue weighted by molar-refractivity contribution is 6.26. The Hall–Kier alpha value is -19.1. The minimum Gasteiger partial charge on any atom is -0.454 e. The van der Waals surface area contributed by atoms with Crippen molar-refractivity contribution in [2.24, 2.45) is 0 Å². The summed E-state index contributed by atoms with van der Waals surface area (Å²) in [6, 6.07) is 200. The van der Waals surface area contributed by atoms with Gasteiger partial charge in [-0.25, -0.2) is 0 Å². The van der Waals surface area contributed by atoms with E-state index in [1.54, 1.807) is 0 Å². The first-order valence-electron chi connectivity index (χ1n) is 49.0. The third kappa shape index (κ3) is 16.9. The molecule has 6 nitrogen and oxygen atoms in total. The van der Waals surface area contributed by atoms with E-state index in [-0.39, 0.29) is 0 Å². The minimum absolute atomic E-state index is 0.875. The van der Waals surface area contributed by atoms with Crippen LogP contribution in [0.5, 0.6) is 0 Å². The van der Waals surface area contributed by atoms with Crippen LogP contribution in [-0.2, 0) is 0 Å². The van der Waals surface area contributed by atoms with Crippen LogP contribution in [0.1, 0.15) is 0 Å². The van der Waals surface area contributed by atoms with Crippen LogP contribution in [0.3, 0.4) is 0 Å². The number of anilines is 9. The molecule has 24 aromatic carbocycles. The van der Waals surface area contributed by atoms with Crippen molar-refractivity contribution in [3.63, 3.8) is 0 Å². The predicted octanol–water partition coefficient (Wildman–Crippen LogP) is 39.6. The zero-order valence-electron chi connectivity index (χ0n) is 78.8. The summed E-state index contributed by atoms with van der Waals surface area (Å²) >= 11 is 0. The Bertz CT molecular complexity index is 9320. The summed E-state index contributed by atoms with van der Waals surface area (Å²) in [5.41, 5.74) is 36.1. The van der Waals surface area contributed by atoms with E-state index in [9.17, 15) is 0 Å². The molecule has 3 heterocycles. The third-order valence-corrected chi connectivity index (χ3v) is 27.8. The predicted molar refractivity (Wildman–Crippen MR) is 607 cm³/mol. The molecule has 0 aliphatic rings. The summed E-state index contributed by atoms with van der Waals surface area (Å²) in [5.74, 6) is 0. The lowest BCUT2D eigenvalue weighted by Gasteiger charge is -2.27. The average Bonchev–Trinajstić information content (AvgIpc) is 1.56. The van der Waals surface area contributed by atoms with E-state index in [0.29, 0.717) is 0 Å². The van der Waals surface area contributed by atoms with Gasteiger partial charge < -0.3 is 28.0 Å². The van der Waals surface area contributed by atoms with Gasteiger partial charge in [-0.15, -0.1) is 0 Å². The first kappa shape index (κ1) is 86.4. The lowest BCUT2D eigenvalue weighted by Crippen LogP contribution is -2.10. The molecule has 3 aromatic heterocycles. The van der Waals surface area contributed by atoms with Crippen molar-refractivity contribution in [2.45, 2.75) is 0 Å². The van der Waals surface area contributed by atoms with Gasteiger partial charge in [0.1, 0.15) is 16.7 Å². The van der Waals surface area contributed by atoms with Crippen molar-refractivity contribution < 1.29 is 13.3 Å². The lowest BCUT2D eigenvalue weighted by atomic mass is 9.98. The summed E-state index contributed by atoms with van der Waals surface area (Å²) in [6.07, 6.45) is 0. The highest BCUT2D eigenvalue weighted by Crippen LogP contribution is 2.52. The van der Waals surface area contributed by atoms with Crippen molar-refractivity contribution in [1.82, 2.24) is 0 Å². The second-order valence-corrected chi connectivity index (χ2v) is 36.5. The second kappa shape index (κ2) is 38.3. The third-order valence-electron chi connectivity index (χ3n) is 27.8. The smallest absolute Gasteiger partial charge is 0.160 e. The number of para-hydroxylation sites is 3. The Morgan fingerprint density at radius 1 is 0.118 bits per heavy atom. The fraction of sp³-hybridized carbons (Fsp3) is 0. The molecule has 0 radical (unpaired) electrons. The first-order valence-corrected chi connectivity index (χ1v) is 49.0. The Morgan fingerprint density at radius 2 is 0.299 bits per heavy atom. The molecule has 0 amide bonds. The van der Waals surface area contributed by atoms with E-state index < -0.39 is 0 Å². The molecule has 0 saturated carbocycles. The summed E-state index contributed by atoms with van der Waals surface area (Å²) in [4.78, 5) is 7.01. The van der Waals surface area contributed by atoms with Gasteiger partial charge in [0.2, 0.25) is 0 Å². The van der Waals surface area contributed by atoms with Gasteiger partial charge in [-0.1, -0.05) is 449 Å². The molecule has 27 aromatic rings. The van der Waals surface area contributed by atoms with Crippen molar-refractivity contribution in [3.05, 3.63) is 564 Å². The summed E-state index contributed by atoms with van der Waals surface area (Å²) < 4.78 is 20.2. The fourth-order valence-electron chi connectivity index (χ4n) is 20.7. The number of benzene rings is 24. The SMILES string of the molecule is c1ccc(-c2ccc(-c3ccc(N(c4ccc(-c5ccccc5)cc4)c4cc5ccccc5c5c4oc4ccccc45)cc3)cc2)cc1.c1ccc(-c2ccc(-c3ccc(N(c4cccc(-c5ccccc5)c4)c4cc5ccccc5c5c4oc4ccccc45)cc3)cc2)cc1.c1ccc(-c2cccc(-c3ccc(N(c4cccc(-c5ccccc5)c4)c4cc5ccccc5c5c4oc4ccccc45)cc3)c2)cc1. The van der Waals surface area contributed by atoms with Gasteiger partial charge >= 0.3 is 0 Å². The van der Waals surface area contributed by atoms with Gasteiger partial charge in [-0.3, -0.25) is 0 Å². The maximum Gasteiger partial charge on any atom is 0.160 e. The van der Waals surface area contributed by atoms with Gasteiger partial charge in [0, 0.05) is 66.4 Å². The molecule has 0 N–H and O–H groups in total. The van der Waals surface area contributed by atoms with E-state index >= 15 is 0 Å². The summed E-state index contributed by atoms with van der Waals surface area (Å²) in [7, 11) is 0. The van der Waals surface area contributed by atoms with E-state index in [1.165, 1.54) is 121 Å². The highest BCUT2D eigenvalue weighted by Gasteiger charge is 2.28. The number of hydrogen-bond donors (Lipinski definition) is 0. The standard InChI is InChI=1S/3C46H31NO/c1-3-13-32(14-4-1)35-18-11-19-36(29-35)34-25-27-39(28-26-34)47(40-21-12-20-37(30-40)33-15-5-2-6-16-33)43-31-38-17-7-8-22-41(38)45-42-23-9-10-24-44(42)48-46(43)45;1-3-12-32(13-4-1)34-22-24-35(25-23-34)36-26-28-39(29-27-36)47(40-18-11-17-37(30-40)33-14-5-2-6-15-33)43-31-38-16-7-8-19-41(38)45-42-20-9-10-21-44(42)48-46(43)45;1-3-11-32(12-4-1)34-19-21-35(22-20-34)37-25-29-40(30-26-37)47(39-27-23-36(24-28-39)33-13-5-2-6-14-33)43-31-38-15-7-8-16-41(38)45-42-17-9-10-18-44(42)48-46(43)45/h3*1-31H. The van der Waals surface area contributed by atoms with Gasteiger partial charge in [-0.05, 0) is 248 Å². The molecule has 0 unspecified atom stereocenters. The largest absolute Gasteiger partial charge is 0.454 e. The second-order valence-electron chi connectivity index (χ2n) is 36.5. The molecule has 0 aliphatic heterocycles. The van der Waals surface area contributed by atoms with E-state index in [2.05, 4.69) is 561 Å². The zero-order chi connectivity index (χ0) is 95.6. The van der Waals surface area contributed by atoms with Crippen molar-refractivity contribution in [1.29, 1.82) is 0 Å². The Morgan fingerprint density at radius 3 is 0.562 bits per heavy atom. The Kier molecular flexibility index (Phi) is 23.0. The van der Waals surface area contributed by atoms with Crippen LogP contribution in [0.15, 0.2) is 577 Å². The summed E-state index contributed by atoms with van der Waals surface area (Å²) in [5, 5.41) is 13.9. The summed E-state index contributed by atoms with van der Waals surface area (Å²) in [6.45, 7) is 0. The molecular weight excluding hydrogens is 1750 g/mol. The molecule has 6 heteroatoms. The quantitative estimate of drug-likeness (QED) is 0.0853. The van der Waals surface area contributed by atoms with Crippen LogP contribution in [-0.4, -0.2) is 0 Å². The van der Waals surface area contributed by atoms with Crippen LogP contribution in [0.4, 0.5) is 51.2 Å². The van der Waals surface area contributed by atoms with Gasteiger partial charge in [0.25, 0.3) is 0 Å². The molecule has 0 aliphatic carbocycles. The van der Waals surface area contributed by atoms with Crippen LogP contribution < -0.4 is 14.7 Å².